The van der Waals surface area contributed by atoms with E-state index < -0.39 is 0 Å². The van der Waals surface area contributed by atoms with Crippen LogP contribution in [0.15, 0.2) is 70.6 Å². The zero-order valence-electron chi connectivity index (χ0n) is 16.0. The molecule has 7 nitrogen and oxygen atoms in total. The van der Waals surface area contributed by atoms with Crippen LogP contribution in [0.4, 0.5) is 11.8 Å². The average Bonchev–Trinajstić information content (AvgIpc) is 2.73. The van der Waals surface area contributed by atoms with Crippen molar-refractivity contribution in [2.45, 2.75) is 24.8 Å². The summed E-state index contributed by atoms with van der Waals surface area (Å²) in [7, 11) is 0. The molecule has 0 unspecified atom stereocenters. The van der Waals surface area contributed by atoms with Gasteiger partial charge in [0.1, 0.15) is 11.5 Å². The first-order valence-corrected chi connectivity index (χ1v) is 9.96. The summed E-state index contributed by atoms with van der Waals surface area (Å²) in [5.74, 6) is 0.857. The maximum Gasteiger partial charge on any atom is 0.260 e. The molecular formula is C21H20N6OS. The summed E-state index contributed by atoms with van der Waals surface area (Å²) in [6, 6.07) is 15.4. The number of nitrogens with two attached hydrogens (primary N) is 1. The van der Waals surface area contributed by atoms with Crippen LogP contribution < -0.4 is 16.0 Å². The Balaban J connectivity index is 1.68. The first-order valence-electron chi connectivity index (χ1n) is 9.15. The average molecular weight is 404 g/mol. The minimum Gasteiger partial charge on any atom is -0.368 e. The second kappa shape index (κ2) is 7.92. The number of nitrogen functional groups attached to an aromatic ring is 1. The zero-order valence-corrected chi connectivity index (χ0v) is 16.9. The van der Waals surface area contributed by atoms with Crippen molar-refractivity contribution in [1.29, 1.82) is 0 Å². The van der Waals surface area contributed by atoms with E-state index in [1.807, 2.05) is 56.3 Å². The lowest BCUT2D eigenvalue weighted by Gasteiger charge is -2.15. The number of benzene rings is 1. The van der Waals surface area contributed by atoms with E-state index in [0.717, 1.165) is 15.8 Å². The Kier molecular flexibility index (Phi) is 5.18. The molecule has 0 saturated heterocycles. The Morgan fingerprint density at radius 1 is 1.07 bits per heavy atom. The third-order valence-electron chi connectivity index (χ3n) is 4.40. The SMILES string of the molecule is CC(C)n1c(=O)c(-c2ccc(NSc3ccccc3)nc2)cc2cnc(N)nc21. The number of rotatable bonds is 5. The van der Waals surface area contributed by atoms with Crippen LogP contribution in [-0.4, -0.2) is 19.5 Å². The molecule has 0 aliphatic rings. The molecule has 0 amide bonds. The fourth-order valence-electron chi connectivity index (χ4n) is 3.03. The fourth-order valence-corrected chi connectivity index (χ4v) is 3.67. The third kappa shape index (κ3) is 3.93. The Hall–Kier alpha value is -3.39. The van der Waals surface area contributed by atoms with Gasteiger partial charge in [0.2, 0.25) is 5.95 Å². The monoisotopic (exact) mass is 404 g/mol. The van der Waals surface area contributed by atoms with Gasteiger partial charge in [0.25, 0.3) is 5.56 Å². The van der Waals surface area contributed by atoms with Crippen molar-refractivity contribution >= 4 is 34.7 Å². The van der Waals surface area contributed by atoms with Crippen molar-refractivity contribution in [2.24, 2.45) is 0 Å². The van der Waals surface area contributed by atoms with Crippen LogP contribution in [0.5, 0.6) is 0 Å². The van der Waals surface area contributed by atoms with Gasteiger partial charge < -0.3 is 10.5 Å². The van der Waals surface area contributed by atoms with E-state index in [0.29, 0.717) is 17.0 Å². The van der Waals surface area contributed by atoms with E-state index in [2.05, 4.69) is 19.7 Å². The molecule has 0 saturated carbocycles. The van der Waals surface area contributed by atoms with Crippen LogP contribution in [-0.2, 0) is 0 Å². The lowest BCUT2D eigenvalue weighted by Crippen LogP contribution is -2.25. The zero-order chi connectivity index (χ0) is 20.4. The molecule has 0 aliphatic carbocycles. The van der Waals surface area contributed by atoms with Gasteiger partial charge in [-0.1, -0.05) is 18.2 Å². The number of anilines is 2. The summed E-state index contributed by atoms with van der Waals surface area (Å²) < 4.78 is 4.85. The lowest BCUT2D eigenvalue weighted by molar-refractivity contribution is 0.596. The molecule has 146 valence electrons. The van der Waals surface area contributed by atoms with Gasteiger partial charge in [0.15, 0.2) is 0 Å². The molecule has 0 atom stereocenters. The summed E-state index contributed by atoms with van der Waals surface area (Å²) in [4.78, 5) is 27.0. The molecule has 3 N–H and O–H groups in total. The van der Waals surface area contributed by atoms with Gasteiger partial charge in [0.05, 0.1) is 0 Å². The van der Waals surface area contributed by atoms with Gasteiger partial charge in [-0.15, -0.1) is 0 Å². The predicted octanol–water partition coefficient (Wildman–Crippen LogP) is 4.14. The first kappa shape index (κ1) is 18.9. The van der Waals surface area contributed by atoms with Gasteiger partial charge in [-0.25, -0.2) is 9.97 Å². The van der Waals surface area contributed by atoms with Crippen molar-refractivity contribution in [2.75, 3.05) is 10.5 Å². The van der Waals surface area contributed by atoms with Gasteiger partial charge in [-0.2, -0.15) is 4.98 Å². The molecule has 0 fully saturated rings. The summed E-state index contributed by atoms with van der Waals surface area (Å²) in [6.07, 6.45) is 3.33. The minimum atomic E-state index is -0.133. The second-order valence-electron chi connectivity index (χ2n) is 6.78. The van der Waals surface area contributed by atoms with Crippen LogP contribution in [0.25, 0.3) is 22.2 Å². The highest BCUT2D eigenvalue weighted by Crippen LogP contribution is 2.24. The smallest absolute Gasteiger partial charge is 0.260 e. The predicted molar refractivity (Wildman–Crippen MR) is 118 cm³/mol. The number of aromatic nitrogens is 4. The molecule has 0 bridgehead atoms. The highest BCUT2D eigenvalue weighted by atomic mass is 32.2. The van der Waals surface area contributed by atoms with E-state index in [1.165, 1.54) is 11.9 Å². The summed E-state index contributed by atoms with van der Waals surface area (Å²) >= 11 is 1.48. The standard InChI is InChI=1S/C21H20N6OS/c1-13(2)27-19-15(12-24-21(22)25-19)10-17(20(27)28)14-8-9-18(23-11-14)26-29-16-6-4-3-5-7-16/h3-13H,1-2H3,(H,23,26)(H2,22,24,25). The Labute approximate surface area is 172 Å². The molecule has 0 radical (unpaired) electrons. The van der Waals surface area contributed by atoms with Gasteiger partial charge in [-0.05, 0) is 56.1 Å². The minimum absolute atomic E-state index is 0.0737. The molecule has 3 heterocycles. The Bertz CT molecular complexity index is 1210. The molecule has 4 aromatic rings. The highest BCUT2D eigenvalue weighted by Gasteiger charge is 2.15. The van der Waals surface area contributed by atoms with Gasteiger partial charge in [-0.3, -0.25) is 9.36 Å². The lowest BCUT2D eigenvalue weighted by atomic mass is 10.1. The fraction of sp³-hybridized carbons (Fsp3) is 0.143. The summed E-state index contributed by atoms with van der Waals surface area (Å²) in [5, 5.41) is 0.754. The third-order valence-corrected chi connectivity index (χ3v) is 5.22. The van der Waals surface area contributed by atoms with Crippen LogP contribution >= 0.6 is 11.9 Å². The molecule has 29 heavy (non-hydrogen) atoms. The maximum absolute atomic E-state index is 13.1. The number of hydrogen-bond donors (Lipinski definition) is 2. The Morgan fingerprint density at radius 3 is 2.55 bits per heavy atom. The molecule has 8 heteroatoms. The molecule has 3 aromatic heterocycles. The van der Waals surface area contributed by atoms with E-state index in [1.54, 1.807) is 23.0 Å². The van der Waals surface area contributed by atoms with E-state index in [-0.39, 0.29) is 17.5 Å². The number of nitrogens with zero attached hydrogens (tertiary/aromatic N) is 4. The quantitative estimate of drug-likeness (QED) is 0.482. The first-order chi connectivity index (χ1) is 14.0. The van der Waals surface area contributed by atoms with Crippen LogP contribution in [0.3, 0.4) is 0 Å². The van der Waals surface area contributed by atoms with Crippen LogP contribution in [0, 0.1) is 0 Å². The van der Waals surface area contributed by atoms with Crippen molar-refractivity contribution in [1.82, 2.24) is 19.5 Å². The van der Waals surface area contributed by atoms with Crippen molar-refractivity contribution < 1.29 is 0 Å². The maximum atomic E-state index is 13.1. The summed E-state index contributed by atoms with van der Waals surface area (Å²) in [5.41, 5.74) is 7.41. The summed E-state index contributed by atoms with van der Waals surface area (Å²) in [6.45, 7) is 3.88. The van der Waals surface area contributed by atoms with Crippen LogP contribution in [0.1, 0.15) is 19.9 Å². The highest BCUT2D eigenvalue weighted by molar-refractivity contribution is 8.00. The number of pyridine rings is 2. The molecule has 4 rings (SSSR count). The number of fused-ring (bicyclic) bond motifs is 1. The van der Waals surface area contributed by atoms with E-state index >= 15 is 0 Å². The van der Waals surface area contributed by atoms with Crippen LogP contribution in [0.2, 0.25) is 0 Å². The molecule has 1 aromatic carbocycles. The molecule has 0 spiro atoms. The van der Waals surface area contributed by atoms with E-state index in [4.69, 9.17) is 5.73 Å². The topological polar surface area (TPSA) is 98.7 Å². The second-order valence-corrected chi connectivity index (χ2v) is 7.66. The Morgan fingerprint density at radius 2 is 1.86 bits per heavy atom. The normalized spacial score (nSPS) is 11.1. The van der Waals surface area contributed by atoms with Crippen molar-refractivity contribution in [3.63, 3.8) is 0 Å². The molecular weight excluding hydrogens is 384 g/mol. The largest absolute Gasteiger partial charge is 0.368 e. The van der Waals surface area contributed by atoms with Gasteiger partial charge >= 0.3 is 0 Å². The van der Waals surface area contributed by atoms with E-state index in [9.17, 15) is 4.79 Å². The number of nitrogens with one attached hydrogen (secondary N) is 1. The van der Waals surface area contributed by atoms with Crippen molar-refractivity contribution in [3.8, 4) is 11.1 Å². The van der Waals surface area contributed by atoms with Gasteiger partial charge in [0, 0.05) is 39.8 Å². The molecule has 0 aliphatic heterocycles. The van der Waals surface area contributed by atoms with Crippen molar-refractivity contribution in [3.05, 3.63) is 71.3 Å². The number of hydrogen-bond acceptors (Lipinski definition) is 7.